The summed E-state index contributed by atoms with van der Waals surface area (Å²) in [5.74, 6) is 0. The van der Waals surface area contributed by atoms with E-state index in [0.717, 1.165) is 0 Å². The van der Waals surface area contributed by atoms with Crippen LogP contribution in [0.5, 0.6) is 0 Å². The van der Waals surface area contributed by atoms with Crippen LogP contribution in [0, 0.1) is 0 Å². The van der Waals surface area contributed by atoms with Gasteiger partial charge in [0.15, 0.2) is 0 Å². The van der Waals surface area contributed by atoms with E-state index < -0.39 is 0 Å². The van der Waals surface area contributed by atoms with Crippen molar-refractivity contribution < 1.29 is 17.1 Å². The van der Waals surface area contributed by atoms with Crippen LogP contribution in [-0.2, 0) is 17.1 Å². The quantitative estimate of drug-likeness (QED) is 0.319. The molecular formula is H4CuLiMgNa. The first-order valence-corrected chi connectivity index (χ1v) is 0. The van der Waals surface area contributed by atoms with Gasteiger partial charge >= 0.3 is 71.5 Å². The van der Waals surface area contributed by atoms with Gasteiger partial charge in [-0.25, -0.2) is 0 Å². The van der Waals surface area contributed by atoms with Crippen LogP contribution in [0.2, 0.25) is 0 Å². The van der Waals surface area contributed by atoms with Gasteiger partial charge in [-0.2, -0.15) is 0 Å². The Balaban J connectivity index is 0. The molecule has 0 aliphatic rings. The Morgan fingerprint density at radius 2 is 1.00 bits per heavy atom. The molecular weight excluding hydrogens is 118 g/mol. The third-order valence-electron chi connectivity index (χ3n) is 0. The van der Waals surface area contributed by atoms with Gasteiger partial charge in [-0.3, -0.25) is 0 Å². The van der Waals surface area contributed by atoms with Gasteiger partial charge in [0, 0.05) is 17.1 Å². The van der Waals surface area contributed by atoms with Crippen molar-refractivity contribution in [1.82, 2.24) is 0 Å². The molecule has 0 atom stereocenters. The van der Waals surface area contributed by atoms with Crippen LogP contribution < -0.4 is 0 Å². The number of rotatable bonds is 0. The predicted molar refractivity (Wildman–Crippen MR) is 22.8 cm³/mol. The van der Waals surface area contributed by atoms with E-state index in [1.54, 1.807) is 0 Å². The Morgan fingerprint density at radius 1 is 1.00 bits per heavy atom. The van der Waals surface area contributed by atoms with Crippen molar-refractivity contribution >= 4 is 71.5 Å². The summed E-state index contributed by atoms with van der Waals surface area (Å²) in [6.07, 6.45) is 0. The summed E-state index contributed by atoms with van der Waals surface area (Å²) in [5.41, 5.74) is 0. The van der Waals surface area contributed by atoms with E-state index in [-0.39, 0.29) is 88.5 Å². The molecule has 0 amide bonds. The van der Waals surface area contributed by atoms with Crippen LogP contribution in [0.4, 0.5) is 0 Å². The van der Waals surface area contributed by atoms with E-state index in [2.05, 4.69) is 0 Å². The average molecular weight is 122 g/mol. The molecule has 0 aromatic heterocycles. The van der Waals surface area contributed by atoms with Crippen LogP contribution >= 0.6 is 0 Å². The van der Waals surface area contributed by atoms with Gasteiger partial charge in [0.25, 0.3) is 0 Å². The van der Waals surface area contributed by atoms with Gasteiger partial charge in [-0.15, -0.1) is 0 Å². The van der Waals surface area contributed by atoms with Crippen molar-refractivity contribution in [2.24, 2.45) is 0 Å². The molecule has 0 rings (SSSR count). The van der Waals surface area contributed by atoms with Crippen molar-refractivity contribution in [3.05, 3.63) is 0 Å². The minimum absolute atomic E-state index is 0. The molecule has 0 N–H and O–H groups in total. The Kier molecular flexibility index (Phi) is 121. The fourth-order valence-electron chi connectivity index (χ4n) is 0. The zero-order chi connectivity index (χ0) is 0. The molecule has 0 nitrogen and oxygen atoms in total. The van der Waals surface area contributed by atoms with Crippen LogP contribution in [0.1, 0.15) is 0 Å². The average Bonchev–Trinajstić information content (AvgIpc) is 0. The molecule has 19 valence electrons. The Hall–Kier alpha value is 2.88. The Labute approximate surface area is 86.9 Å². The SMILES string of the molecule is [Cu].[LiH].[MgH2].[NaH]. The van der Waals surface area contributed by atoms with E-state index in [0.29, 0.717) is 0 Å². The summed E-state index contributed by atoms with van der Waals surface area (Å²) >= 11 is 0. The van der Waals surface area contributed by atoms with Gasteiger partial charge in [-0.05, 0) is 0 Å². The summed E-state index contributed by atoms with van der Waals surface area (Å²) in [7, 11) is 0. The van der Waals surface area contributed by atoms with E-state index >= 15 is 0 Å². The first kappa shape index (κ1) is 28.7. The summed E-state index contributed by atoms with van der Waals surface area (Å²) in [6, 6.07) is 0. The normalized spacial score (nSPS) is 0. The second-order valence-electron chi connectivity index (χ2n) is 0. The Morgan fingerprint density at radius 3 is 1.00 bits per heavy atom. The van der Waals surface area contributed by atoms with Crippen molar-refractivity contribution in [3.63, 3.8) is 0 Å². The second kappa shape index (κ2) is 16.9. The molecule has 0 aliphatic heterocycles. The maximum atomic E-state index is 0. The molecule has 0 aliphatic carbocycles. The first-order valence-electron chi connectivity index (χ1n) is 0. The van der Waals surface area contributed by atoms with Gasteiger partial charge < -0.3 is 0 Å². The number of hydrogen-bond donors (Lipinski definition) is 0. The molecule has 0 unspecified atom stereocenters. The molecule has 0 fully saturated rings. The summed E-state index contributed by atoms with van der Waals surface area (Å²) < 4.78 is 0. The van der Waals surface area contributed by atoms with Gasteiger partial charge in [0.1, 0.15) is 0 Å². The fourth-order valence-corrected chi connectivity index (χ4v) is 0. The first-order chi connectivity index (χ1) is 0. The molecule has 4 heavy (non-hydrogen) atoms. The molecule has 0 heterocycles. The summed E-state index contributed by atoms with van der Waals surface area (Å²) in [4.78, 5) is 0. The van der Waals surface area contributed by atoms with Crippen LogP contribution in [0.25, 0.3) is 0 Å². The van der Waals surface area contributed by atoms with Crippen LogP contribution in [0.3, 0.4) is 0 Å². The van der Waals surface area contributed by atoms with Gasteiger partial charge in [0.05, 0.1) is 0 Å². The standard InChI is InChI=1S/Cu.Li.Mg.Na.4H. The monoisotopic (exact) mass is 121 g/mol. The third kappa shape index (κ3) is 8.86. The van der Waals surface area contributed by atoms with Gasteiger partial charge in [-0.1, -0.05) is 0 Å². The molecule has 0 bridgehead atoms. The Bertz CT molecular complexity index is 8.00. The third-order valence-corrected chi connectivity index (χ3v) is 0. The minimum atomic E-state index is 0. The predicted octanol–water partition coefficient (Wildman–Crippen LogP) is -2.22. The fraction of sp³-hybridized carbons (Fsp3) is 0. The molecule has 1 radical (unpaired) electrons. The van der Waals surface area contributed by atoms with Crippen LogP contribution in [0.15, 0.2) is 0 Å². The summed E-state index contributed by atoms with van der Waals surface area (Å²) in [6.45, 7) is 0. The molecule has 4 heteroatoms. The van der Waals surface area contributed by atoms with E-state index in [1.807, 2.05) is 0 Å². The molecule has 0 aromatic carbocycles. The topological polar surface area (TPSA) is 0 Å². The van der Waals surface area contributed by atoms with Crippen molar-refractivity contribution in [2.45, 2.75) is 0 Å². The van der Waals surface area contributed by atoms with Crippen molar-refractivity contribution in [3.8, 4) is 0 Å². The van der Waals surface area contributed by atoms with Crippen molar-refractivity contribution in [1.29, 1.82) is 0 Å². The van der Waals surface area contributed by atoms with E-state index in [1.165, 1.54) is 0 Å². The molecule has 0 aromatic rings. The molecule has 0 saturated heterocycles. The second-order valence-corrected chi connectivity index (χ2v) is 0. The van der Waals surface area contributed by atoms with Gasteiger partial charge in [0.2, 0.25) is 0 Å². The number of hydrogen-bond acceptors (Lipinski definition) is 0. The summed E-state index contributed by atoms with van der Waals surface area (Å²) in [5, 5.41) is 0. The molecule has 0 saturated carbocycles. The zero-order valence-corrected chi connectivity index (χ0v) is 1.24. The molecule has 0 spiro atoms. The van der Waals surface area contributed by atoms with E-state index in [4.69, 9.17) is 0 Å². The van der Waals surface area contributed by atoms with Crippen LogP contribution in [-0.4, -0.2) is 71.5 Å². The van der Waals surface area contributed by atoms with E-state index in [9.17, 15) is 0 Å². The van der Waals surface area contributed by atoms with Crippen molar-refractivity contribution in [2.75, 3.05) is 0 Å². The zero-order valence-electron chi connectivity index (χ0n) is 0.302. The maximum absolute atomic E-state index is 0.